The Kier molecular flexibility index (Phi) is 2.42. The standard InChI is InChI=1S/C11H14FNO/c1-14-11-8(12)6-5-7-3-2-4-9(13)10(7)11/h5-6,9H,2-4,13H2,1H3/t9-/m0/s1. The SMILES string of the molecule is COc1c(F)ccc2c1[C@@H](N)CCC2. The fourth-order valence-electron chi connectivity index (χ4n) is 2.10. The van der Waals surface area contributed by atoms with Crippen LogP contribution in [0.1, 0.15) is 30.0 Å². The second-order valence-electron chi connectivity index (χ2n) is 3.65. The van der Waals surface area contributed by atoms with Crippen molar-refractivity contribution < 1.29 is 9.13 Å². The molecule has 0 fully saturated rings. The zero-order valence-corrected chi connectivity index (χ0v) is 8.22. The highest BCUT2D eigenvalue weighted by Gasteiger charge is 2.23. The fraction of sp³-hybridized carbons (Fsp3) is 0.455. The third-order valence-electron chi connectivity index (χ3n) is 2.77. The lowest BCUT2D eigenvalue weighted by molar-refractivity contribution is 0.371. The molecule has 2 rings (SSSR count). The van der Waals surface area contributed by atoms with E-state index >= 15 is 0 Å². The highest BCUT2D eigenvalue weighted by Crippen LogP contribution is 2.36. The van der Waals surface area contributed by atoms with Gasteiger partial charge in [-0.2, -0.15) is 0 Å². The van der Waals surface area contributed by atoms with Crippen molar-refractivity contribution in [2.24, 2.45) is 5.73 Å². The van der Waals surface area contributed by atoms with E-state index in [9.17, 15) is 4.39 Å². The molecule has 0 spiro atoms. The summed E-state index contributed by atoms with van der Waals surface area (Å²) in [5, 5.41) is 0. The lowest BCUT2D eigenvalue weighted by Crippen LogP contribution is -2.19. The Balaban J connectivity index is 2.57. The van der Waals surface area contributed by atoms with Crippen molar-refractivity contribution in [2.75, 3.05) is 7.11 Å². The van der Waals surface area contributed by atoms with Crippen LogP contribution in [0.25, 0.3) is 0 Å². The summed E-state index contributed by atoms with van der Waals surface area (Å²) in [6, 6.07) is 3.19. The second-order valence-corrected chi connectivity index (χ2v) is 3.65. The Morgan fingerprint density at radius 1 is 1.50 bits per heavy atom. The van der Waals surface area contributed by atoms with Gasteiger partial charge >= 0.3 is 0 Å². The van der Waals surface area contributed by atoms with Crippen LogP contribution in [0.5, 0.6) is 5.75 Å². The second kappa shape index (κ2) is 3.58. The molecule has 0 amide bonds. The number of fused-ring (bicyclic) bond motifs is 1. The third-order valence-corrected chi connectivity index (χ3v) is 2.77. The first kappa shape index (κ1) is 9.46. The average Bonchev–Trinajstić information content (AvgIpc) is 2.19. The summed E-state index contributed by atoms with van der Waals surface area (Å²) in [4.78, 5) is 0. The Morgan fingerprint density at radius 2 is 2.29 bits per heavy atom. The average molecular weight is 195 g/mol. The van der Waals surface area contributed by atoms with E-state index in [1.807, 2.05) is 6.07 Å². The molecule has 1 atom stereocenters. The lowest BCUT2D eigenvalue weighted by atomic mass is 9.87. The zero-order chi connectivity index (χ0) is 10.1. The topological polar surface area (TPSA) is 35.2 Å². The number of ether oxygens (including phenoxy) is 1. The van der Waals surface area contributed by atoms with Gasteiger partial charge in [0, 0.05) is 11.6 Å². The summed E-state index contributed by atoms with van der Waals surface area (Å²) in [6.45, 7) is 0. The van der Waals surface area contributed by atoms with E-state index in [0.29, 0.717) is 5.75 Å². The quantitative estimate of drug-likeness (QED) is 0.745. The molecule has 0 unspecified atom stereocenters. The van der Waals surface area contributed by atoms with Crippen LogP contribution < -0.4 is 10.5 Å². The van der Waals surface area contributed by atoms with E-state index in [2.05, 4.69) is 0 Å². The Labute approximate surface area is 82.9 Å². The van der Waals surface area contributed by atoms with Crippen LogP contribution in [-0.2, 0) is 6.42 Å². The van der Waals surface area contributed by atoms with Gasteiger partial charge in [-0.3, -0.25) is 0 Å². The van der Waals surface area contributed by atoms with Crippen LogP contribution in [0.2, 0.25) is 0 Å². The van der Waals surface area contributed by atoms with Gasteiger partial charge in [0.1, 0.15) is 0 Å². The number of methoxy groups -OCH3 is 1. The van der Waals surface area contributed by atoms with Gasteiger partial charge in [-0.1, -0.05) is 6.07 Å². The van der Waals surface area contributed by atoms with E-state index in [1.54, 1.807) is 0 Å². The summed E-state index contributed by atoms with van der Waals surface area (Å²) >= 11 is 0. The minimum Gasteiger partial charge on any atom is -0.493 e. The van der Waals surface area contributed by atoms with Crippen molar-refractivity contribution in [3.8, 4) is 5.75 Å². The summed E-state index contributed by atoms with van der Waals surface area (Å²) in [7, 11) is 1.49. The molecule has 0 saturated heterocycles. The van der Waals surface area contributed by atoms with Gasteiger partial charge in [-0.25, -0.2) is 4.39 Å². The number of aryl methyl sites for hydroxylation is 1. The smallest absolute Gasteiger partial charge is 0.165 e. The van der Waals surface area contributed by atoms with Crippen LogP contribution in [0, 0.1) is 5.82 Å². The molecular formula is C11H14FNO. The van der Waals surface area contributed by atoms with Crippen LogP contribution in [0.4, 0.5) is 4.39 Å². The van der Waals surface area contributed by atoms with Crippen LogP contribution in [0.15, 0.2) is 12.1 Å². The molecular weight excluding hydrogens is 181 g/mol. The lowest BCUT2D eigenvalue weighted by Gasteiger charge is -2.24. The van der Waals surface area contributed by atoms with Crippen molar-refractivity contribution in [3.63, 3.8) is 0 Å². The minimum atomic E-state index is -0.316. The van der Waals surface area contributed by atoms with Crippen molar-refractivity contribution in [1.82, 2.24) is 0 Å². The van der Waals surface area contributed by atoms with Crippen LogP contribution in [0.3, 0.4) is 0 Å². The Hall–Kier alpha value is -1.09. The molecule has 1 aromatic rings. The Bertz CT molecular complexity index is 351. The van der Waals surface area contributed by atoms with Crippen molar-refractivity contribution in [3.05, 3.63) is 29.1 Å². The van der Waals surface area contributed by atoms with Crippen LogP contribution >= 0.6 is 0 Å². The minimum absolute atomic E-state index is 0.0793. The normalized spacial score (nSPS) is 20.4. The van der Waals surface area contributed by atoms with Gasteiger partial charge in [0.05, 0.1) is 7.11 Å². The van der Waals surface area contributed by atoms with Crippen molar-refractivity contribution >= 4 is 0 Å². The molecule has 1 aliphatic carbocycles. The molecule has 0 heterocycles. The highest BCUT2D eigenvalue weighted by atomic mass is 19.1. The largest absolute Gasteiger partial charge is 0.493 e. The molecule has 2 N–H and O–H groups in total. The summed E-state index contributed by atoms with van der Waals surface area (Å²) in [6.07, 6.45) is 2.95. The number of hydrogen-bond donors (Lipinski definition) is 1. The molecule has 2 nitrogen and oxygen atoms in total. The summed E-state index contributed by atoms with van der Waals surface area (Å²) < 4.78 is 18.4. The predicted molar refractivity (Wildman–Crippen MR) is 52.8 cm³/mol. The first-order valence-corrected chi connectivity index (χ1v) is 4.85. The number of nitrogens with two attached hydrogens (primary N) is 1. The first-order valence-electron chi connectivity index (χ1n) is 4.85. The molecule has 0 radical (unpaired) electrons. The summed E-state index contributed by atoms with van der Waals surface area (Å²) in [5.74, 6) is 0.0123. The molecule has 14 heavy (non-hydrogen) atoms. The van der Waals surface area contributed by atoms with Gasteiger partial charge in [0.2, 0.25) is 0 Å². The molecule has 1 aromatic carbocycles. The summed E-state index contributed by atoms with van der Waals surface area (Å²) in [5.41, 5.74) is 7.93. The molecule has 3 heteroatoms. The van der Waals surface area contributed by atoms with Crippen molar-refractivity contribution in [2.45, 2.75) is 25.3 Å². The molecule has 0 aliphatic heterocycles. The van der Waals surface area contributed by atoms with Gasteiger partial charge in [-0.15, -0.1) is 0 Å². The number of benzene rings is 1. The fourth-order valence-corrected chi connectivity index (χ4v) is 2.10. The van der Waals surface area contributed by atoms with Gasteiger partial charge in [0.15, 0.2) is 11.6 Å². The molecule has 1 aliphatic rings. The van der Waals surface area contributed by atoms with E-state index in [4.69, 9.17) is 10.5 Å². The molecule has 0 aromatic heterocycles. The van der Waals surface area contributed by atoms with E-state index in [0.717, 1.165) is 30.4 Å². The predicted octanol–water partition coefficient (Wildman–Crippen LogP) is 2.17. The monoisotopic (exact) mass is 195 g/mol. The zero-order valence-electron chi connectivity index (χ0n) is 8.22. The third kappa shape index (κ3) is 1.38. The van der Waals surface area contributed by atoms with Crippen molar-refractivity contribution in [1.29, 1.82) is 0 Å². The number of rotatable bonds is 1. The number of hydrogen-bond acceptors (Lipinski definition) is 2. The maximum absolute atomic E-state index is 13.4. The first-order chi connectivity index (χ1) is 6.74. The Morgan fingerprint density at radius 3 is 3.00 bits per heavy atom. The van der Waals surface area contributed by atoms with E-state index in [1.165, 1.54) is 13.2 Å². The van der Waals surface area contributed by atoms with Crippen LogP contribution in [-0.4, -0.2) is 7.11 Å². The molecule has 0 saturated carbocycles. The number of halogens is 1. The van der Waals surface area contributed by atoms with Gasteiger partial charge in [0.25, 0.3) is 0 Å². The van der Waals surface area contributed by atoms with Gasteiger partial charge < -0.3 is 10.5 Å². The van der Waals surface area contributed by atoms with Gasteiger partial charge in [-0.05, 0) is 30.9 Å². The van der Waals surface area contributed by atoms with E-state index in [-0.39, 0.29) is 11.9 Å². The highest BCUT2D eigenvalue weighted by molar-refractivity contribution is 5.44. The maximum Gasteiger partial charge on any atom is 0.165 e. The van der Waals surface area contributed by atoms with E-state index < -0.39 is 0 Å². The maximum atomic E-state index is 13.4. The molecule has 76 valence electrons. The molecule has 0 bridgehead atoms.